The Hall–Kier alpha value is -1.13. The van der Waals surface area contributed by atoms with Gasteiger partial charge in [-0.05, 0) is 0 Å². The van der Waals surface area contributed by atoms with Crippen LogP contribution >= 0.6 is 0 Å². The summed E-state index contributed by atoms with van der Waals surface area (Å²) in [5, 5.41) is 5.96. The molecule has 10 heteroatoms. The van der Waals surface area contributed by atoms with Crippen molar-refractivity contribution in [2.24, 2.45) is 0 Å². The first-order valence-corrected chi connectivity index (χ1v) is 7.01. The van der Waals surface area contributed by atoms with E-state index in [0.29, 0.717) is 0 Å². The maximum absolute atomic E-state index is 12.2. The summed E-state index contributed by atoms with van der Waals surface area (Å²) in [6.45, 7) is -0.785. The highest BCUT2D eigenvalue weighted by atomic mass is 32.2. The van der Waals surface area contributed by atoms with Crippen molar-refractivity contribution in [1.29, 1.82) is 0 Å². The van der Waals surface area contributed by atoms with Crippen molar-refractivity contribution in [2.75, 3.05) is 32.7 Å². The third kappa shape index (κ3) is 3.45. The summed E-state index contributed by atoms with van der Waals surface area (Å²) in [6.07, 6.45) is -1.83. The molecule has 0 unspecified atom stereocenters. The van der Waals surface area contributed by atoms with E-state index in [1.807, 2.05) is 0 Å². The minimum atomic E-state index is -4.26. The number of nitrogens with zero attached hydrogens (tertiary/aromatic N) is 3. The van der Waals surface area contributed by atoms with Crippen LogP contribution in [0.4, 0.5) is 13.2 Å². The molecule has 0 amide bonds. The first kappa shape index (κ1) is 14.3. The molecule has 1 N–H and O–H groups in total. The second-order valence-corrected chi connectivity index (χ2v) is 6.17. The fraction of sp³-hybridized carbons (Fsp3) is 0.667. The second kappa shape index (κ2) is 5.10. The fourth-order valence-electron chi connectivity index (χ4n) is 1.91. The van der Waals surface area contributed by atoms with Crippen LogP contribution in [0.25, 0.3) is 0 Å². The molecule has 1 aliphatic rings. The minimum Gasteiger partial charge on any atom is -0.292 e. The molecule has 0 aliphatic carbocycles. The van der Waals surface area contributed by atoms with Gasteiger partial charge < -0.3 is 0 Å². The molecule has 1 saturated heterocycles. The summed E-state index contributed by atoms with van der Waals surface area (Å²) in [5.74, 6) is 0. The van der Waals surface area contributed by atoms with Gasteiger partial charge in [-0.15, -0.1) is 0 Å². The summed E-state index contributed by atoms with van der Waals surface area (Å²) in [6, 6.07) is 0. The second-order valence-electron chi connectivity index (χ2n) is 4.23. The van der Waals surface area contributed by atoms with Gasteiger partial charge in [-0.25, -0.2) is 8.42 Å². The molecule has 1 aliphatic heterocycles. The lowest BCUT2D eigenvalue weighted by molar-refractivity contribution is -0.148. The first-order valence-electron chi connectivity index (χ1n) is 5.57. The van der Waals surface area contributed by atoms with Crippen LogP contribution in [0.5, 0.6) is 0 Å². The molecular formula is C9H13F3N4O2S. The van der Waals surface area contributed by atoms with Gasteiger partial charge >= 0.3 is 6.18 Å². The average Bonchev–Trinajstić information content (AvgIpc) is 2.81. The summed E-state index contributed by atoms with van der Waals surface area (Å²) < 4.78 is 61.9. The van der Waals surface area contributed by atoms with Crippen molar-refractivity contribution in [3.05, 3.63) is 12.4 Å². The number of nitrogens with one attached hydrogen (secondary N) is 1. The molecule has 0 bridgehead atoms. The van der Waals surface area contributed by atoms with Crippen LogP contribution in [-0.2, 0) is 10.0 Å². The maximum Gasteiger partial charge on any atom is 0.401 e. The van der Waals surface area contributed by atoms with Crippen LogP contribution in [0.3, 0.4) is 0 Å². The Kier molecular flexibility index (Phi) is 3.83. The highest BCUT2D eigenvalue weighted by Gasteiger charge is 2.34. The van der Waals surface area contributed by atoms with Gasteiger partial charge in [0.05, 0.1) is 12.7 Å². The Labute approximate surface area is 108 Å². The van der Waals surface area contributed by atoms with E-state index in [9.17, 15) is 21.6 Å². The number of aromatic amines is 1. The van der Waals surface area contributed by atoms with Gasteiger partial charge in [-0.3, -0.25) is 10.00 Å². The molecule has 6 nitrogen and oxygen atoms in total. The number of alkyl halides is 3. The van der Waals surface area contributed by atoms with Crippen molar-refractivity contribution < 1.29 is 21.6 Å². The molecule has 0 aromatic carbocycles. The summed E-state index contributed by atoms with van der Waals surface area (Å²) in [7, 11) is -3.65. The lowest BCUT2D eigenvalue weighted by Gasteiger charge is -2.33. The summed E-state index contributed by atoms with van der Waals surface area (Å²) in [5.41, 5.74) is 0. The standard InChI is InChI=1S/C9H13F3N4O2S/c10-9(11,12)7-15-1-3-16(4-2-15)19(17,18)8-5-13-14-6-8/h5-6H,1-4,7H2,(H,13,14). The number of aromatic nitrogens is 2. The average molecular weight is 298 g/mol. The Morgan fingerprint density at radius 1 is 1.26 bits per heavy atom. The molecule has 0 spiro atoms. The molecule has 0 radical (unpaired) electrons. The van der Waals surface area contributed by atoms with Gasteiger partial charge in [0.25, 0.3) is 0 Å². The number of hydrogen-bond acceptors (Lipinski definition) is 4. The van der Waals surface area contributed by atoms with Gasteiger partial charge in [-0.1, -0.05) is 0 Å². The van der Waals surface area contributed by atoms with E-state index in [2.05, 4.69) is 10.2 Å². The molecule has 0 saturated carbocycles. The highest BCUT2D eigenvalue weighted by Crippen LogP contribution is 2.20. The Balaban J connectivity index is 1.97. The van der Waals surface area contributed by atoms with Crippen molar-refractivity contribution in [1.82, 2.24) is 19.4 Å². The lowest BCUT2D eigenvalue weighted by atomic mass is 10.3. The molecule has 2 rings (SSSR count). The molecule has 2 heterocycles. The smallest absolute Gasteiger partial charge is 0.292 e. The largest absolute Gasteiger partial charge is 0.401 e. The maximum atomic E-state index is 12.2. The minimum absolute atomic E-state index is 0.0248. The van der Waals surface area contributed by atoms with E-state index in [1.165, 1.54) is 21.6 Å². The third-order valence-electron chi connectivity index (χ3n) is 2.85. The monoisotopic (exact) mass is 298 g/mol. The quantitative estimate of drug-likeness (QED) is 0.870. The zero-order valence-corrected chi connectivity index (χ0v) is 10.7. The number of halogens is 3. The van der Waals surface area contributed by atoms with Crippen LogP contribution in [-0.4, -0.2) is 66.7 Å². The molecule has 1 aromatic rings. The third-order valence-corrected chi connectivity index (χ3v) is 4.71. The predicted octanol–water partition coefficient (Wildman–Crippen LogP) is 0.278. The first-order chi connectivity index (χ1) is 8.79. The Morgan fingerprint density at radius 2 is 1.89 bits per heavy atom. The zero-order valence-electron chi connectivity index (χ0n) is 9.89. The Bertz CT molecular complexity index is 506. The van der Waals surface area contributed by atoms with Crippen molar-refractivity contribution in [3.63, 3.8) is 0 Å². The van der Waals surface area contributed by atoms with E-state index < -0.39 is 22.7 Å². The summed E-state index contributed by atoms with van der Waals surface area (Å²) >= 11 is 0. The van der Waals surface area contributed by atoms with Crippen LogP contribution in [0, 0.1) is 0 Å². The lowest BCUT2D eigenvalue weighted by Crippen LogP contribution is -2.50. The van der Waals surface area contributed by atoms with Gasteiger partial charge in [0, 0.05) is 32.4 Å². The normalized spacial score (nSPS) is 19.7. The molecule has 108 valence electrons. The van der Waals surface area contributed by atoms with Gasteiger partial charge in [-0.2, -0.15) is 22.6 Å². The molecule has 0 atom stereocenters. The van der Waals surface area contributed by atoms with E-state index in [1.54, 1.807) is 0 Å². The van der Waals surface area contributed by atoms with Gasteiger partial charge in [0.2, 0.25) is 10.0 Å². The molecule has 1 aromatic heterocycles. The molecular weight excluding hydrogens is 285 g/mol. The summed E-state index contributed by atoms with van der Waals surface area (Å²) in [4.78, 5) is 1.22. The molecule has 1 fully saturated rings. The number of H-pyrrole nitrogens is 1. The topological polar surface area (TPSA) is 69.3 Å². The fourth-order valence-corrected chi connectivity index (χ4v) is 3.24. The van der Waals surface area contributed by atoms with Crippen molar-refractivity contribution in [2.45, 2.75) is 11.1 Å². The van der Waals surface area contributed by atoms with E-state index >= 15 is 0 Å². The van der Waals surface area contributed by atoms with E-state index in [0.717, 1.165) is 0 Å². The van der Waals surface area contributed by atoms with E-state index in [-0.39, 0.29) is 31.1 Å². The van der Waals surface area contributed by atoms with Crippen molar-refractivity contribution >= 4 is 10.0 Å². The van der Waals surface area contributed by atoms with Crippen LogP contribution < -0.4 is 0 Å². The predicted molar refractivity (Wildman–Crippen MR) is 59.8 cm³/mol. The number of rotatable bonds is 3. The Morgan fingerprint density at radius 3 is 2.37 bits per heavy atom. The van der Waals surface area contributed by atoms with E-state index in [4.69, 9.17) is 0 Å². The highest BCUT2D eigenvalue weighted by molar-refractivity contribution is 7.89. The molecule has 19 heavy (non-hydrogen) atoms. The van der Waals surface area contributed by atoms with Crippen LogP contribution in [0.15, 0.2) is 17.3 Å². The number of sulfonamides is 1. The van der Waals surface area contributed by atoms with Crippen molar-refractivity contribution in [3.8, 4) is 0 Å². The van der Waals surface area contributed by atoms with Gasteiger partial charge in [0.1, 0.15) is 4.90 Å². The SMILES string of the molecule is O=S(=O)(c1cn[nH]c1)N1CCN(CC(F)(F)F)CC1. The zero-order chi connectivity index (χ0) is 14.1. The number of piperazine rings is 1. The van der Waals surface area contributed by atoms with Gasteiger partial charge in [0.15, 0.2) is 0 Å². The number of hydrogen-bond donors (Lipinski definition) is 1. The van der Waals surface area contributed by atoms with Crippen LogP contribution in [0.1, 0.15) is 0 Å². The van der Waals surface area contributed by atoms with Crippen LogP contribution in [0.2, 0.25) is 0 Å².